The van der Waals surface area contributed by atoms with Gasteiger partial charge in [-0.05, 0) is 17.6 Å². The summed E-state index contributed by atoms with van der Waals surface area (Å²) in [4.78, 5) is 15.3. The first-order valence-corrected chi connectivity index (χ1v) is 6.01. The number of carbonyl (C=O) groups is 1. The van der Waals surface area contributed by atoms with Crippen molar-refractivity contribution in [3.63, 3.8) is 0 Å². The molecule has 2 rings (SSSR count). The molecule has 2 N–H and O–H groups in total. The number of nitrogens with two attached hydrogens (primary N) is 1. The minimum absolute atomic E-state index is 0. The second kappa shape index (κ2) is 7.62. The molecule has 6 nitrogen and oxygen atoms in total. The molecule has 0 saturated carbocycles. The molecule has 0 aliphatic carbocycles. The third-order valence-corrected chi connectivity index (χ3v) is 2.55. The van der Waals surface area contributed by atoms with Crippen molar-refractivity contribution < 1.29 is 14.1 Å². The predicted molar refractivity (Wildman–Crippen MR) is 74.6 cm³/mol. The van der Waals surface area contributed by atoms with E-state index in [1.165, 1.54) is 0 Å². The maximum absolute atomic E-state index is 11.4. The van der Waals surface area contributed by atoms with E-state index >= 15 is 0 Å². The molecule has 0 radical (unpaired) electrons. The lowest BCUT2D eigenvalue weighted by atomic mass is 10.1. The van der Waals surface area contributed by atoms with Gasteiger partial charge in [0, 0.05) is 12.5 Å². The fourth-order valence-electron chi connectivity index (χ4n) is 1.62. The molecule has 0 saturated heterocycles. The Labute approximate surface area is 122 Å². The average molecular weight is 298 g/mol. The minimum Gasteiger partial charge on any atom is -0.460 e. The lowest BCUT2D eigenvalue weighted by Gasteiger charge is -2.08. The van der Waals surface area contributed by atoms with Gasteiger partial charge in [0.15, 0.2) is 0 Å². The van der Waals surface area contributed by atoms with Gasteiger partial charge in [-0.1, -0.05) is 30.3 Å². The molecule has 1 atom stereocenters. The molecule has 0 aliphatic rings. The molecule has 1 aromatic carbocycles. The Morgan fingerprint density at radius 2 is 2.10 bits per heavy atom. The molecule has 0 bridgehead atoms. The number of benzene rings is 1. The van der Waals surface area contributed by atoms with Crippen molar-refractivity contribution in [2.45, 2.75) is 19.4 Å². The van der Waals surface area contributed by atoms with E-state index in [9.17, 15) is 4.79 Å². The Bertz CT molecular complexity index is 545. The first-order chi connectivity index (χ1) is 9.20. The van der Waals surface area contributed by atoms with Crippen LogP contribution in [0.3, 0.4) is 0 Å². The lowest BCUT2D eigenvalue weighted by Crippen LogP contribution is -2.13. The van der Waals surface area contributed by atoms with Gasteiger partial charge < -0.3 is 15.0 Å². The van der Waals surface area contributed by atoms with Crippen molar-refractivity contribution in [2.75, 3.05) is 6.61 Å². The summed E-state index contributed by atoms with van der Waals surface area (Å²) in [6.45, 7) is 1.98. The third kappa shape index (κ3) is 4.04. The van der Waals surface area contributed by atoms with Crippen LogP contribution in [0.15, 0.2) is 34.9 Å². The molecule has 0 aliphatic heterocycles. The largest absolute Gasteiger partial charge is 0.460 e. The summed E-state index contributed by atoms with van der Waals surface area (Å²) in [5.74, 6) is -0.345. The van der Waals surface area contributed by atoms with Crippen LogP contribution in [-0.4, -0.2) is 22.7 Å². The van der Waals surface area contributed by atoms with Crippen molar-refractivity contribution >= 4 is 18.4 Å². The van der Waals surface area contributed by atoms with Crippen LogP contribution < -0.4 is 5.73 Å². The normalized spacial score (nSPS) is 11.5. The van der Waals surface area contributed by atoms with Gasteiger partial charge in [-0.15, -0.1) is 12.4 Å². The molecule has 7 heteroatoms. The summed E-state index contributed by atoms with van der Waals surface area (Å²) in [6.07, 6.45) is 0.371. The Balaban J connectivity index is 0.00000200. The Hall–Kier alpha value is -1.92. The third-order valence-electron chi connectivity index (χ3n) is 2.55. The molecule has 0 amide bonds. The Kier molecular flexibility index (Phi) is 6.14. The van der Waals surface area contributed by atoms with E-state index in [1.807, 2.05) is 30.3 Å². The molecular formula is C13H16ClN3O3. The Morgan fingerprint density at radius 3 is 2.75 bits per heavy atom. The van der Waals surface area contributed by atoms with Gasteiger partial charge in [-0.25, -0.2) is 4.79 Å². The number of hydrogen-bond acceptors (Lipinski definition) is 6. The number of rotatable bonds is 5. The number of halogens is 1. The standard InChI is InChI=1S/C13H15N3O3.ClH/c1-2-18-13(17)12-15-11(19-16-12)8-10(14)9-6-4-3-5-7-9;/h3-7,10H,2,8,14H2,1H3;1H. The lowest BCUT2D eigenvalue weighted by molar-refractivity contribution is 0.0508. The molecule has 1 aromatic heterocycles. The highest BCUT2D eigenvalue weighted by atomic mass is 35.5. The number of hydrogen-bond donors (Lipinski definition) is 1. The van der Waals surface area contributed by atoms with Gasteiger partial charge in [0.25, 0.3) is 5.82 Å². The van der Waals surface area contributed by atoms with Crippen molar-refractivity contribution in [1.29, 1.82) is 0 Å². The van der Waals surface area contributed by atoms with Crippen molar-refractivity contribution in [3.8, 4) is 0 Å². The van der Waals surface area contributed by atoms with Crippen LogP contribution >= 0.6 is 12.4 Å². The average Bonchev–Trinajstić information content (AvgIpc) is 2.88. The zero-order valence-electron chi connectivity index (χ0n) is 11.0. The number of aromatic nitrogens is 2. The molecule has 20 heavy (non-hydrogen) atoms. The maximum Gasteiger partial charge on any atom is 0.379 e. The highest BCUT2D eigenvalue weighted by Crippen LogP contribution is 2.14. The van der Waals surface area contributed by atoms with E-state index in [1.54, 1.807) is 6.92 Å². The minimum atomic E-state index is -0.592. The van der Waals surface area contributed by atoms with Crippen LogP contribution in [0.1, 0.15) is 35.0 Å². The van der Waals surface area contributed by atoms with E-state index in [2.05, 4.69) is 10.1 Å². The highest BCUT2D eigenvalue weighted by Gasteiger charge is 2.17. The van der Waals surface area contributed by atoms with Crippen molar-refractivity contribution in [2.24, 2.45) is 5.73 Å². The second-order valence-corrected chi connectivity index (χ2v) is 3.95. The Morgan fingerprint density at radius 1 is 1.40 bits per heavy atom. The summed E-state index contributed by atoms with van der Waals surface area (Å²) in [6, 6.07) is 9.33. The van der Waals surface area contributed by atoms with Crippen molar-refractivity contribution in [1.82, 2.24) is 10.1 Å². The molecule has 0 fully saturated rings. The maximum atomic E-state index is 11.4. The van der Waals surface area contributed by atoms with Gasteiger partial charge in [-0.2, -0.15) is 4.98 Å². The summed E-state index contributed by atoms with van der Waals surface area (Å²) in [5, 5.41) is 3.57. The number of ether oxygens (including phenoxy) is 1. The number of esters is 1. The predicted octanol–water partition coefficient (Wildman–Crippen LogP) is 1.91. The second-order valence-electron chi connectivity index (χ2n) is 3.95. The first kappa shape index (κ1) is 16.1. The van der Waals surface area contributed by atoms with Crippen LogP contribution in [0, 0.1) is 0 Å². The van der Waals surface area contributed by atoms with Crippen molar-refractivity contribution in [3.05, 3.63) is 47.6 Å². The van der Waals surface area contributed by atoms with Crippen LogP contribution in [0.5, 0.6) is 0 Å². The summed E-state index contributed by atoms with van der Waals surface area (Å²) in [5.41, 5.74) is 7.00. The van der Waals surface area contributed by atoms with E-state index in [0.29, 0.717) is 12.3 Å². The summed E-state index contributed by atoms with van der Waals surface area (Å²) < 4.78 is 9.76. The number of nitrogens with zero attached hydrogens (tertiary/aromatic N) is 2. The quantitative estimate of drug-likeness (QED) is 0.848. The van der Waals surface area contributed by atoms with Crippen LogP contribution in [-0.2, 0) is 11.2 Å². The van der Waals surface area contributed by atoms with Gasteiger partial charge in [0.1, 0.15) is 0 Å². The molecule has 108 valence electrons. The molecular weight excluding hydrogens is 282 g/mol. The van der Waals surface area contributed by atoms with Gasteiger partial charge in [0.05, 0.1) is 6.61 Å². The zero-order chi connectivity index (χ0) is 13.7. The van der Waals surface area contributed by atoms with Crippen LogP contribution in [0.4, 0.5) is 0 Å². The highest BCUT2D eigenvalue weighted by molar-refractivity contribution is 5.85. The zero-order valence-corrected chi connectivity index (χ0v) is 11.8. The fraction of sp³-hybridized carbons (Fsp3) is 0.308. The smallest absolute Gasteiger partial charge is 0.379 e. The topological polar surface area (TPSA) is 91.2 Å². The fourth-order valence-corrected chi connectivity index (χ4v) is 1.62. The van der Waals surface area contributed by atoms with Crippen LogP contribution in [0.2, 0.25) is 0 Å². The summed E-state index contributed by atoms with van der Waals surface area (Å²) in [7, 11) is 0. The van der Waals surface area contributed by atoms with Gasteiger partial charge in [-0.3, -0.25) is 0 Å². The molecule has 0 spiro atoms. The number of carbonyl (C=O) groups excluding carboxylic acids is 1. The molecule has 1 heterocycles. The van der Waals surface area contributed by atoms with E-state index < -0.39 is 5.97 Å². The monoisotopic (exact) mass is 297 g/mol. The van der Waals surface area contributed by atoms with Crippen LogP contribution in [0.25, 0.3) is 0 Å². The summed E-state index contributed by atoms with van der Waals surface area (Å²) >= 11 is 0. The van der Waals surface area contributed by atoms with Gasteiger partial charge >= 0.3 is 5.97 Å². The molecule has 1 unspecified atom stereocenters. The first-order valence-electron chi connectivity index (χ1n) is 6.01. The van der Waals surface area contributed by atoms with E-state index in [-0.39, 0.29) is 30.9 Å². The SMILES string of the molecule is CCOC(=O)c1noc(CC(N)c2ccccc2)n1.Cl. The van der Waals surface area contributed by atoms with E-state index in [0.717, 1.165) is 5.56 Å². The van der Waals surface area contributed by atoms with E-state index in [4.69, 9.17) is 15.0 Å². The van der Waals surface area contributed by atoms with Gasteiger partial charge in [0.2, 0.25) is 5.89 Å². The molecule has 2 aromatic rings.